The second kappa shape index (κ2) is 5.30. The average molecular weight is 248 g/mol. The van der Waals surface area contributed by atoms with Gasteiger partial charge in [0.15, 0.2) is 0 Å². The van der Waals surface area contributed by atoms with Crippen LogP contribution >= 0.6 is 0 Å². The number of hydrogen-bond donors (Lipinski definition) is 2. The first kappa shape index (κ1) is 13.0. The predicted octanol–water partition coefficient (Wildman–Crippen LogP) is 0.372. The summed E-state index contributed by atoms with van der Waals surface area (Å²) in [6.07, 6.45) is -1.73. The molecule has 1 rings (SSSR count). The maximum absolute atomic E-state index is 12.2. The zero-order valence-electron chi connectivity index (χ0n) is 8.80. The Kier molecular flexibility index (Phi) is 4.04. The standard InChI is InChI=1S/C7H10F2N6O2/c1-14(3-5(8)9)6-4(15(16)17)2-11-7(12-6)13-10/h2,5H,3,10H2,1H3,(H,11,12,13). The van der Waals surface area contributed by atoms with Crippen molar-refractivity contribution >= 4 is 17.5 Å². The summed E-state index contributed by atoms with van der Waals surface area (Å²) in [4.78, 5) is 18.1. The molecule has 1 aromatic heterocycles. The van der Waals surface area contributed by atoms with E-state index in [9.17, 15) is 18.9 Å². The van der Waals surface area contributed by atoms with Crippen LogP contribution in [0.5, 0.6) is 0 Å². The van der Waals surface area contributed by atoms with E-state index in [0.717, 1.165) is 11.1 Å². The largest absolute Gasteiger partial charge is 0.348 e. The third kappa shape index (κ3) is 3.17. The van der Waals surface area contributed by atoms with Crippen molar-refractivity contribution in [3.8, 4) is 0 Å². The van der Waals surface area contributed by atoms with E-state index in [2.05, 4.69) is 15.4 Å². The Bertz CT molecular complexity index is 415. The second-order valence-corrected chi connectivity index (χ2v) is 3.08. The summed E-state index contributed by atoms with van der Waals surface area (Å²) >= 11 is 0. The van der Waals surface area contributed by atoms with Crippen molar-refractivity contribution < 1.29 is 13.7 Å². The number of nitrogens with one attached hydrogen (secondary N) is 1. The van der Waals surface area contributed by atoms with E-state index in [4.69, 9.17) is 5.84 Å². The molecule has 10 heteroatoms. The molecule has 94 valence electrons. The van der Waals surface area contributed by atoms with Crippen LogP contribution in [0.2, 0.25) is 0 Å². The van der Waals surface area contributed by atoms with E-state index in [0.29, 0.717) is 0 Å². The van der Waals surface area contributed by atoms with E-state index >= 15 is 0 Å². The van der Waals surface area contributed by atoms with Gasteiger partial charge in [0.1, 0.15) is 6.20 Å². The third-order valence-electron chi connectivity index (χ3n) is 1.85. The molecule has 0 bridgehead atoms. The SMILES string of the molecule is CN(CC(F)F)c1nc(NN)ncc1[N+](=O)[O-]. The van der Waals surface area contributed by atoms with Gasteiger partial charge in [-0.3, -0.25) is 15.5 Å². The minimum atomic E-state index is -2.64. The van der Waals surface area contributed by atoms with Gasteiger partial charge in [0.2, 0.25) is 11.8 Å². The minimum absolute atomic E-state index is 0.0910. The van der Waals surface area contributed by atoms with Gasteiger partial charge >= 0.3 is 5.69 Å². The van der Waals surface area contributed by atoms with E-state index in [1.54, 1.807) is 0 Å². The number of anilines is 2. The summed E-state index contributed by atoms with van der Waals surface area (Å²) in [5.41, 5.74) is 1.62. The van der Waals surface area contributed by atoms with E-state index < -0.39 is 23.6 Å². The van der Waals surface area contributed by atoms with Crippen molar-refractivity contribution in [2.75, 3.05) is 23.9 Å². The Hall–Kier alpha value is -2.10. The second-order valence-electron chi connectivity index (χ2n) is 3.08. The summed E-state index contributed by atoms with van der Waals surface area (Å²) < 4.78 is 24.4. The highest BCUT2D eigenvalue weighted by Gasteiger charge is 2.22. The van der Waals surface area contributed by atoms with Crippen molar-refractivity contribution in [2.45, 2.75) is 6.43 Å². The number of halogens is 2. The van der Waals surface area contributed by atoms with Gasteiger partial charge in [0.05, 0.1) is 11.5 Å². The van der Waals surface area contributed by atoms with Crippen LogP contribution in [-0.2, 0) is 0 Å². The van der Waals surface area contributed by atoms with Crippen LogP contribution in [0.15, 0.2) is 6.20 Å². The molecular weight excluding hydrogens is 238 g/mol. The van der Waals surface area contributed by atoms with E-state index in [1.807, 2.05) is 0 Å². The van der Waals surface area contributed by atoms with Gasteiger partial charge in [-0.25, -0.2) is 19.6 Å². The summed E-state index contributed by atoms with van der Waals surface area (Å²) in [5, 5.41) is 10.7. The summed E-state index contributed by atoms with van der Waals surface area (Å²) in [7, 11) is 1.27. The number of rotatable bonds is 5. The zero-order chi connectivity index (χ0) is 13.0. The van der Waals surface area contributed by atoms with Crippen LogP contribution in [0.3, 0.4) is 0 Å². The molecule has 0 saturated carbocycles. The van der Waals surface area contributed by atoms with Crippen molar-refractivity contribution in [3.63, 3.8) is 0 Å². The molecule has 0 aliphatic rings. The van der Waals surface area contributed by atoms with Crippen molar-refractivity contribution in [1.29, 1.82) is 0 Å². The van der Waals surface area contributed by atoms with Crippen molar-refractivity contribution in [3.05, 3.63) is 16.3 Å². The number of alkyl halides is 2. The molecule has 0 saturated heterocycles. The molecule has 3 N–H and O–H groups in total. The number of nitrogens with two attached hydrogens (primary N) is 1. The molecule has 8 nitrogen and oxygen atoms in total. The lowest BCUT2D eigenvalue weighted by atomic mass is 10.4. The quantitative estimate of drug-likeness (QED) is 0.440. The maximum atomic E-state index is 12.2. The summed E-state index contributed by atoms with van der Waals surface area (Å²) in [5.74, 6) is 4.72. The smallest absolute Gasteiger partial charge is 0.329 e. The average Bonchev–Trinajstić information content (AvgIpc) is 2.27. The van der Waals surface area contributed by atoms with Crippen molar-refractivity contribution in [2.24, 2.45) is 5.84 Å². The Balaban J connectivity index is 3.12. The Morgan fingerprint density at radius 1 is 1.71 bits per heavy atom. The van der Waals surface area contributed by atoms with Gasteiger partial charge in [-0.05, 0) is 0 Å². The van der Waals surface area contributed by atoms with Crippen LogP contribution in [0.4, 0.5) is 26.2 Å². The molecule has 0 unspecified atom stereocenters. The lowest BCUT2D eigenvalue weighted by molar-refractivity contribution is -0.384. The predicted molar refractivity (Wildman–Crippen MR) is 55.8 cm³/mol. The van der Waals surface area contributed by atoms with Crippen LogP contribution in [0.25, 0.3) is 0 Å². The monoisotopic (exact) mass is 248 g/mol. The molecule has 0 aromatic carbocycles. The Morgan fingerprint density at radius 2 is 2.35 bits per heavy atom. The Morgan fingerprint density at radius 3 is 2.82 bits per heavy atom. The fourth-order valence-electron chi connectivity index (χ4n) is 1.14. The lowest BCUT2D eigenvalue weighted by Crippen LogP contribution is -2.26. The molecular formula is C7H10F2N6O2. The molecule has 0 aliphatic heterocycles. The van der Waals surface area contributed by atoms with E-state index in [1.165, 1.54) is 7.05 Å². The van der Waals surface area contributed by atoms with Gasteiger partial charge in [-0.2, -0.15) is 4.98 Å². The van der Waals surface area contributed by atoms with Gasteiger partial charge in [0.25, 0.3) is 6.43 Å². The number of nitrogen functional groups attached to an aromatic ring is 1. The normalized spacial score (nSPS) is 10.4. The highest BCUT2D eigenvalue weighted by atomic mass is 19.3. The first-order chi connectivity index (χ1) is 7.95. The fraction of sp³-hybridized carbons (Fsp3) is 0.429. The fourth-order valence-corrected chi connectivity index (χ4v) is 1.14. The minimum Gasteiger partial charge on any atom is -0.348 e. The zero-order valence-corrected chi connectivity index (χ0v) is 8.80. The molecule has 17 heavy (non-hydrogen) atoms. The maximum Gasteiger partial charge on any atom is 0.329 e. The molecule has 0 atom stereocenters. The summed E-state index contributed by atoms with van der Waals surface area (Å²) in [6.45, 7) is -0.679. The van der Waals surface area contributed by atoms with Crippen LogP contribution in [-0.4, -0.2) is 34.9 Å². The number of nitrogens with zero attached hydrogens (tertiary/aromatic N) is 4. The summed E-state index contributed by atoms with van der Waals surface area (Å²) in [6, 6.07) is 0. The van der Waals surface area contributed by atoms with Crippen LogP contribution < -0.4 is 16.2 Å². The first-order valence-electron chi connectivity index (χ1n) is 4.43. The first-order valence-corrected chi connectivity index (χ1v) is 4.43. The number of aromatic nitrogens is 2. The molecule has 0 spiro atoms. The third-order valence-corrected chi connectivity index (χ3v) is 1.85. The van der Waals surface area contributed by atoms with E-state index in [-0.39, 0.29) is 11.8 Å². The Labute approximate surface area is 94.6 Å². The van der Waals surface area contributed by atoms with Crippen LogP contribution in [0, 0.1) is 10.1 Å². The molecule has 1 aromatic rings. The van der Waals surface area contributed by atoms with Gasteiger partial charge in [-0.15, -0.1) is 0 Å². The molecule has 0 amide bonds. The number of hydrazine groups is 1. The van der Waals surface area contributed by atoms with Gasteiger partial charge in [-0.1, -0.05) is 0 Å². The van der Waals surface area contributed by atoms with Gasteiger partial charge < -0.3 is 4.90 Å². The highest BCUT2D eigenvalue weighted by molar-refractivity contribution is 5.58. The topological polar surface area (TPSA) is 110 Å². The molecule has 0 radical (unpaired) electrons. The molecule has 0 fully saturated rings. The van der Waals surface area contributed by atoms with Crippen molar-refractivity contribution in [1.82, 2.24) is 9.97 Å². The molecule has 1 heterocycles. The molecule has 0 aliphatic carbocycles. The lowest BCUT2D eigenvalue weighted by Gasteiger charge is -2.17. The van der Waals surface area contributed by atoms with Crippen LogP contribution in [0.1, 0.15) is 0 Å². The number of nitro groups is 1. The highest BCUT2D eigenvalue weighted by Crippen LogP contribution is 2.25. The van der Waals surface area contributed by atoms with Gasteiger partial charge in [0, 0.05) is 7.05 Å². The number of hydrogen-bond acceptors (Lipinski definition) is 7.